The van der Waals surface area contributed by atoms with E-state index >= 15 is 9.59 Å². The molecule has 0 aromatic heterocycles. The normalized spacial score (nSPS) is 30.2. The van der Waals surface area contributed by atoms with Crippen molar-refractivity contribution in [3.05, 3.63) is 138 Å². The number of amides is 2. The van der Waals surface area contributed by atoms with Crippen LogP contribution in [0.15, 0.2) is 120 Å². The molecule has 9 rings (SSSR count). The fraction of sp³-hybridized carbons (Fsp3) is 0.471. The van der Waals surface area contributed by atoms with E-state index in [-0.39, 0.29) is 22.3 Å². The van der Waals surface area contributed by atoms with Crippen LogP contribution in [0.2, 0.25) is 0 Å². The quantitative estimate of drug-likeness (QED) is 0.0551. The third-order valence-electron chi connectivity index (χ3n) is 15.8. The Kier molecular flexibility index (Phi) is 24.7. The Bertz CT molecular complexity index is 3580. The summed E-state index contributed by atoms with van der Waals surface area (Å²) in [4.78, 5) is 166. The first-order valence-electron chi connectivity index (χ1n) is 31.3. The van der Waals surface area contributed by atoms with Crippen LogP contribution in [0.4, 0.5) is 0 Å². The third-order valence-corrected chi connectivity index (χ3v) is 17.0. The summed E-state index contributed by atoms with van der Waals surface area (Å²) in [5, 5.41) is 0. The van der Waals surface area contributed by atoms with Crippen LogP contribution in [0.3, 0.4) is 0 Å². The van der Waals surface area contributed by atoms with E-state index in [0.717, 1.165) is 72.1 Å². The van der Waals surface area contributed by atoms with Gasteiger partial charge in [-0.2, -0.15) is 0 Å². The molecule has 20 atom stereocenters. The highest BCUT2D eigenvalue weighted by atomic mass is 32.2. The second kappa shape index (κ2) is 33.1. The predicted octanol–water partition coefficient (Wildman–Crippen LogP) is 4.71. The molecule has 31 heteroatoms. The molecule has 4 fully saturated rings. The minimum atomic E-state index is -2.29. The van der Waals surface area contributed by atoms with Gasteiger partial charge in [-0.05, 0) is 62.4 Å². The van der Waals surface area contributed by atoms with Gasteiger partial charge >= 0.3 is 59.7 Å². The van der Waals surface area contributed by atoms with Crippen molar-refractivity contribution >= 4 is 83.3 Å². The number of nitrogens with zero attached hydrogens (tertiary/aromatic N) is 1. The number of benzene rings is 4. The maximum atomic E-state index is 15.4. The number of thioether (sulfide) groups is 1. The molecule has 530 valence electrons. The molecule has 0 saturated carbocycles. The van der Waals surface area contributed by atoms with E-state index in [9.17, 15) is 47.9 Å². The van der Waals surface area contributed by atoms with E-state index in [0.29, 0.717) is 4.90 Å². The van der Waals surface area contributed by atoms with Gasteiger partial charge in [0.25, 0.3) is 11.8 Å². The summed E-state index contributed by atoms with van der Waals surface area (Å²) in [6.45, 7) is 9.13. The van der Waals surface area contributed by atoms with Gasteiger partial charge in [-0.3, -0.25) is 52.8 Å². The molecule has 30 nitrogen and oxygen atoms in total. The molecule has 4 aromatic rings. The molecular formula is C68H73NO29S. The smallest absolute Gasteiger partial charge is 0.338 e. The van der Waals surface area contributed by atoms with Crippen LogP contribution in [0.5, 0.6) is 0 Å². The zero-order valence-corrected chi connectivity index (χ0v) is 55.9. The molecule has 99 heavy (non-hydrogen) atoms. The highest BCUT2D eigenvalue weighted by Crippen LogP contribution is 2.45. The molecule has 0 unspecified atom stereocenters. The fourth-order valence-corrected chi connectivity index (χ4v) is 13.2. The monoisotopic (exact) mass is 1400 g/mol. The number of carbonyl (C=O) groups excluding carboxylic acids is 12. The summed E-state index contributed by atoms with van der Waals surface area (Å²) in [5.41, 5.74) is -1.67. The number of esters is 10. The van der Waals surface area contributed by atoms with Crippen molar-refractivity contribution in [3.63, 3.8) is 0 Å². The SMILES string of the molecule is CC(=O)O[C@H]1[C@@H](OC(C)=O)[C@@H](COC(=O)c2ccccc2)O[C@@H](O[C@H]2[C@H](O[C@@H]3O[C@@H](C)[C@@H](OC(C)=O)[C@@H](OC(C)=O)[C@@H]3OC(C)=O)[C@@H](N3C(=O)c4ccccc4C3=O)[C@H](Sc3ccccc3)O[C@@H]2COC(=O)c2ccccc2)[C@@H]1O[C@@H]1O[C@@H](C)[C@@H](OC(C)=O)[C@@H](OC(C)=O)[C@@H]1OC(C)=O. The first-order valence-corrected chi connectivity index (χ1v) is 32.1. The molecule has 0 aliphatic carbocycles. The molecule has 5 heterocycles. The molecule has 0 N–H and O–H groups in total. The van der Waals surface area contributed by atoms with E-state index in [1.807, 2.05) is 0 Å². The lowest BCUT2D eigenvalue weighted by Gasteiger charge is -2.53. The Balaban J connectivity index is 1.30. The molecule has 4 aromatic carbocycles. The van der Waals surface area contributed by atoms with Gasteiger partial charge in [-0.15, -0.1) is 0 Å². The van der Waals surface area contributed by atoms with Gasteiger partial charge < -0.3 is 80.5 Å². The average molecular weight is 1400 g/mol. The Morgan fingerprint density at radius 2 is 0.687 bits per heavy atom. The van der Waals surface area contributed by atoms with Crippen LogP contribution in [-0.4, -0.2) is 212 Å². The molecule has 4 saturated heterocycles. The van der Waals surface area contributed by atoms with Crippen LogP contribution < -0.4 is 0 Å². The second-order valence-electron chi connectivity index (χ2n) is 23.3. The van der Waals surface area contributed by atoms with Crippen LogP contribution in [0, 0.1) is 0 Å². The average Bonchev–Trinajstić information content (AvgIpc) is 1.70. The van der Waals surface area contributed by atoms with Gasteiger partial charge in [0.05, 0.1) is 34.5 Å². The number of carbonyl (C=O) groups is 12. The lowest BCUT2D eigenvalue weighted by atomic mass is 9.93. The third kappa shape index (κ3) is 18.2. The Morgan fingerprint density at radius 3 is 1.10 bits per heavy atom. The van der Waals surface area contributed by atoms with Crippen LogP contribution in [0.1, 0.15) is 111 Å². The second-order valence-corrected chi connectivity index (χ2v) is 24.4. The molecule has 0 spiro atoms. The summed E-state index contributed by atoms with van der Waals surface area (Å²) in [6.07, 6.45) is -33.3. The van der Waals surface area contributed by atoms with Crippen LogP contribution in [-0.2, 0) is 119 Å². The zero-order chi connectivity index (χ0) is 71.5. The highest BCUT2D eigenvalue weighted by Gasteiger charge is 2.63. The molecule has 0 bridgehead atoms. The summed E-state index contributed by atoms with van der Waals surface area (Å²) in [7, 11) is 0. The van der Waals surface area contributed by atoms with Crippen LogP contribution >= 0.6 is 11.8 Å². The number of imide groups is 1. The minimum absolute atomic E-state index is 0.0353. The van der Waals surface area contributed by atoms with Crippen LogP contribution in [0.25, 0.3) is 0 Å². The van der Waals surface area contributed by atoms with Crippen molar-refractivity contribution < 1.29 is 138 Å². The maximum Gasteiger partial charge on any atom is 0.338 e. The molecule has 0 radical (unpaired) electrons. The van der Waals surface area contributed by atoms with Gasteiger partial charge in [0.1, 0.15) is 49.1 Å². The van der Waals surface area contributed by atoms with Gasteiger partial charge in [0.15, 0.2) is 73.8 Å². The van der Waals surface area contributed by atoms with E-state index in [4.69, 9.17) is 80.5 Å². The topological polar surface area (TPSA) is 365 Å². The highest BCUT2D eigenvalue weighted by molar-refractivity contribution is 7.99. The van der Waals surface area contributed by atoms with E-state index in [1.54, 1.807) is 66.7 Å². The number of hydrogen-bond acceptors (Lipinski definition) is 30. The lowest BCUT2D eigenvalue weighted by molar-refractivity contribution is -0.386. The molecule has 5 aliphatic heterocycles. The van der Waals surface area contributed by atoms with Crippen molar-refractivity contribution in [2.24, 2.45) is 0 Å². The van der Waals surface area contributed by atoms with E-state index in [2.05, 4.69) is 0 Å². The number of rotatable bonds is 23. The number of hydrogen-bond donors (Lipinski definition) is 0. The number of fused-ring (bicyclic) bond motifs is 1. The van der Waals surface area contributed by atoms with Crippen molar-refractivity contribution in [1.29, 1.82) is 0 Å². The predicted molar refractivity (Wildman–Crippen MR) is 332 cm³/mol. The maximum absolute atomic E-state index is 15.4. The first-order chi connectivity index (χ1) is 47.2. The van der Waals surface area contributed by atoms with Crippen molar-refractivity contribution in [2.45, 2.75) is 196 Å². The Morgan fingerprint density at radius 1 is 0.364 bits per heavy atom. The lowest BCUT2D eigenvalue weighted by Crippen LogP contribution is -2.71. The Labute approximate surface area is 570 Å². The van der Waals surface area contributed by atoms with E-state index < -0.39 is 207 Å². The zero-order valence-electron chi connectivity index (χ0n) is 55.1. The van der Waals surface area contributed by atoms with Gasteiger partial charge in [0.2, 0.25) is 0 Å². The van der Waals surface area contributed by atoms with Crippen molar-refractivity contribution in [3.8, 4) is 0 Å². The van der Waals surface area contributed by atoms with Crippen molar-refractivity contribution in [1.82, 2.24) is 4.90 Å². The summed E-state index contributed by atoms with van der Waals surface area (Å²) >= 11 is 0.944. The Hall–Kier alpha value is -9.21. The molecule has 5 aliphatic rings. The number of ether oxygens (including phenoxy) is 17. The minimum Gasteiger partial charge on any atom is -0.459 e. The standard InChI is InChI=1S/C68H73NO29S/c1-32-50(86-34(3)70)55(89-37(6)73)58(92-40(9)76)65(84-32)97-54-49(69-61(78)45-28-20-21-29-46(45)62(69)79)68(99-44-26-18-13-19-27-44)95-48(31-83-64(81)43-24-16-12-17-25-43)52(54)96-67-60(98-66-59(93-41(10)77)56(90-38(7)74)51(33(2)85-66)87-35(4)71)57(91-39(8)75)53(88-36(5)72)47(94-67)30-82-63(80)42-22-14-11-15-23-42/h11-29,32-33,47-60,65-68H,30-31H2,1-10H3/t32-,33-,47+,48+,49+,50+,51+,52+,53-,54+,55+,56+,57-,58-,59-,60+,65-,66-,67-,68-/m0/s1. The first kappa shape index (κ1) is 74.0. The van der Waals surface area contributed by atoms with Gasteiger partial charge in [-0.1, -0.05) is 78.5 Å². The molecule has 2 amide bonds. The summed E-state index contributed by atoms with van der Waals surface area (Å²) < 4.78 is 106. The van der Waals surface area contributed by atoms with E-state index in [1.165, 1.54) is 62.4 Å². The summed E-state index contributed by atoms with van der Waals surface area (Å²) in [5.74, 6) is -11.6. The molecular weight excluding hydrogens is 1330 g/mol. The van der Waals surface area contributed by atoms with Gasteiger partial charge in [-0.25, -0.2) is 9.59 Å². The summed E-state index contributed by atoms with van der Waals surface area (Å²) in [6, 6.07) is 27.7. The van der Waals surface area contributed by atoms with Crippen molar-refractivity contribution in [2.75, 3.05) is 13.2 Å². The van der Waals surface area contributed by atoms with Gasteiger partial charge in [0, 0.05) is 60.3 Å². The largest absolute Gasteiger partial charge is 0.459 e. The fourth-order valence-electron chi connectivity index (χ4n) is 12.0.